The lowest BCUT2D eigenvalue weighted by Crippen LogP contribution is -2.20. The van der Waals surface area contributed by atoms with Crippen LogP contribution in [0.4, 0.5) is 0 Å². The topological polar surface area (TPSA) is 24.9 Å². The molecule has 1 N–H and O–H groups in total. The van der Waals surface area contributed by atoms with Gasteiger partial charge >= 0.3 is 0 Å². The fraction of sp³-hybridized carbons (Fsp3) is 0.688. The fourth-order valence-electron chi connectivity index (χ4n) is 1.72. The lowest BCUT2D eigenvalue weighted by atomic mass is 9.98. The molecule has 1 aromatic rings. The Bertz CT molecular complexity index is 411. The molecule has 19 heavy (non-hydrogen) atoms. The van der Waals surface area contributed by atoms with Crippen molar-refractivity contribution < 1.29 is 0 Å². The number of nitrogens with zero attached hydrogens (tertiary/aromatic N) is 1. The summed E-state index contributed by atoms with van der Waals surface area (Å²) in [5, 5.41) is 6.86. The van der Waals surface area contributed by atoms with Crippen molar-refractivity contribution in [1.82, 2.24) is 10.3 Å². The highest BCUT2D eigenvalue weighted by molar-refractivity contribution is 7.09. The van der Waals surface area contributed by atoms with Gasteiger partial charge in [-0.05, 0) is 25.0 Å². The van der Waals surface area contributed by atoms with Crippen LogP contribution in [0.15, 0.2) is 11.0 Å². The lowest BCUT2D eigenvalue weighted by molar-refractivity contribution is 0.585. The van der Waals surface area contributed by atoms with Gasteiger partial charge in [0.05, 0.1) is 10.7 Å². The van der Waals surface area contributed by atoms with Gasteiger partial charge in [-0.2, -0.15) is 0 Å². The molecule has 2 nitrogen and oxygen atoms in total. The number of aromatic nitrogens is 1. The van der Waals surface area contributed by atoms with Gasteiger partial charge in [0, 0.05) is 17.3 Å². The number of nitrogens with one attached hydrogen (secondary N) is 1. The van der Waals surface area contributed by atoms with E-state index in [1.807, 2.05) is 0 Å². The number of thiazole rings is 1. The SMILES string of the molecule is CCCNCC(=Cc1csc(C(C)(C)C)n1)C(C)C. The predicted molar refractivity (Wildman–Crippen MR) is 86.8 cm³/mol. The van der Waals surface area contributed by atoms with Crippen molar-refractivity contribution in [2.75, 3.05) is 13.1 Å². The molecule has 3 heteroatoms. The Hall–Kier alpha value is -0.670. The average Bonchev–Trinajstić information content (AvgIpc) is 2.76. The van der Waals surface area contributed by atoms with Crippen molar-refractivity contribution in [3.05, 3.63) is 21.7 Å². The van der Waals surface area contributed by atoms with Crippen LogP contribution in [0.25, 0.3) is 6.08 Å². The maximum atomic E-state index is 4.75. The Morgan fingerprint density at radius 3 is 2.58 bits per heavy atom. The molecule has 0 bridgehead atoms. The van der Waals surface area contributed by atoms with Crippen LogP contribution >= 0.6 is 11.3 Å². The largest absolute Gasteiger partial charge is 0.313 e. The zero-order chi connectivity index (χ0) is 14.5. The molecule has 0 radical (unpaired) electrons. The van der Waals surface area contributed by atoms with E-state index in [0.717, 1.165) is 18.8 Å². The maximum Gasteiger partial charge on any atom is 0.0985 e. The number of hydrogen-bond donors (Lipinski definition) is 1. The van der Waals surface area contributed by atoms with Crippen LogP contribution in [0.1, 0.15) is 58.7 Å². The normalized spacial score (nSPS) is 13.3. The molecular weight excluding hydrogens is 252 g/mol. The van der Waals surface area contributed by atoms with Gasteiger partial charge in [-0.3, -0.25) is 0 Å². The van der Waals surface area contributed by atoms with Crippen molar-refractivity contribution >= 4 is 17.4 Å². The number of rotatable bonds is 6. The third kappa shape index (κ3) is 5.45. The summed E-state index contributed by atoms with van der Waals surface area (Å²) in [6, 6.07) is 0. The van der Waals surface area contributed by atoms with E-state index in [1.165, 1.54) is 17.0 Å². The van der Waals surface area contributed by atoms with Gasteiger partial charge in [0.25, 0.3) is 0 Å². The van der Waals surface area contributed by atoms with Gasteiger partial charge in [-0.25, -0.2) is 4.98 Å². The highest BCUT2D eigenvalue weighted by Crippen LogP contribution is 2.26. The van der Waals surface area contributed by atoms with Gasteiger partial charge in [-0.1, -0.05) is 47.1 Å². The van der Waals surface area contributed by atoms with Gasteiger partial charge in [0.1, 0.15) is 0 Å². The minimum Gasteiger partial charge on any atom is -0.313 e. The molecule has 0 fully saturated rings. The Morgan fingerprint density at radius 1 is 1.42 bits per heavy atom. The first-order valence-corrected chi connectivity index (χ1v) is 8.09. The van der Waals surface area contributed by atoms with Crippen molar-refractivity contribution in [2.45, 2.75) is 53.4 Å². The third-order valence-electron chi connectivity index (χ3n) is 2.99. The van der Waals surface area contributed by atoms with Crippen LogP contribution in [0.3, 0.4) is 0 Å². The molecule has 0 atom stereocenters. The molecule has 0 aromatic carbocycles. The Balaban J connectivity index is 2.81. The first kappa shape index (κ1) is 16.4. The molecule has 0 saturated heterocycles. The molecule has 0 aliphatic heterocycles. The third-order valence-corrected chi connectivity index (χ3v) is 4.28. The molecule has 0 aliphatic rings. The molecule has 0 aliphatic carbocycles. The second-order valence-electron chi connectivity index (χ2n) is 6.38. The average molecular weight is 280 g/mol. The Morgan fingerprint density at radius 2 is 2.11 bits per heavy atom. The van der Waals surface area contributed by atoms with E-state index >= 15 is 0 Å². The van der Waals surface area contributed by atoms with E-state index in [0.29, 0.717) is 5.92 Å². The summed E-state index contributed by atoms with van der Waals surface area (Å²) in [6.45, 7) is 15.4. The van der Waals surface area contributed by atoms with E-state index in [1.54, 1.807) is 11.3 Å². The first-order valence-electron chi connectivity index (χ1n) is 7.21. The molecule has 1 aromatic heterocycles. The van der Waals surface area contributed by atoms with Crippen molar-refractivity contribution in [3.63, 3.8) is 0 Å². The van der Waals surface area contributed by atoms with E-state index < -0.39 is 0 Å². The summed E-state index contributed by atoms with van der Waals surface area (Å²) in [6.07, 6.45) is 3.43. The summed E-state index contributed by atoms with van der Waals surface area (Å²) in [7, 11) is 0. The monoisotopic (exact) mass is 280 g/mol. The highest BCUT2D eigenvalue weighted by atomic mass is 32.1. The smallest absolute Gasteiger partial charge is 0.0985 e. The Labute approximate surface area is 122 Å². The quantitative estimate of drug-likeness (QED) is 0.777. The minimum absolute atomic E-state index is 0.148. The zero-order valence-corrected chi connectivity index (χ0v) is 14.0. The molecule has 0 spiro atoms. The van der Waals surface area contributed by atoms with Crippen LogP contribution in [0.5, 0.6) is 0 Å². The fourth-order valence-corrected chi connectivity index (χ4v) is 2.58. The molecule has 0 amide bonds. The van der Waals surface area contributed by atoms with Crippen LogP contribution in [-0.2, 0) is 5.41 Å². The standard InChI is InChI=1S/C16H28N2S/c1-7-8-17-10-13(12(2)3)9-14-11-19-15(18-14)16(4,5)6/h9,11-12,17H,7-8,10H2,1-6H3. The van der Waals surface area contributed by atoms with Gasteiger partial charge in [-0.15, -0.1) is 11.3 Å². The number of hydrogen-bond acceptors (Lipinski definition) is 3. The van der Waals surface area contributed by atoms with Gasteiger partial charge in [0.2, 0.25) is 0 Å². The van der Waals surface area contributed by atoms with E-state index in [9.17, 15) is 0 Å². The Kier molecular flexibility index (Phi) is 6.21. The maximum absolute atomic E-state index is 4.75. The van der Waals surface area contributed by atoms with Crippen molar-refractivity contribution in [3.8, 4) is 0 Å². The van der Waals surface area contributed by atoms with Crippen LogP contribution in [-0.4, -0.2) is 18.1 Å². The van der Waals surface area contributed by atoms with Crippen LogP contribution in [0.2, 0.25) is 0 Å². The molecule has 0 saturated carbocycles. The molecule has 0 unspecified atom stereocenters. The second-order valence-corrected chi connectivity index (χ2v) is 7.24. The summed E-state index contributed by atoms with van der Waals surface area (Å²) < 4.78 is 0. The van der Waals surface area contributed by atoms with Gasteiger partial charge in [0.15, 0.2) is 0 Å². The van der Waals surface area contributed by atoms with E-state index in [4.69, 9.17) is 4.98 Å². The summed E-state index contributed by atoms with van der Waals surface area (Å²) in [4.78, 5) is 4.75. The zero-order valence-electron chi connectivity index (χ0n) is 13.2. The molecular formula is C16H28N2S. The first-order chi connectivity index (χ1) is 8.84. The molecule has 1 heterocycles. The van der Waals surface area contributed by atoms with E-state index in [2.05, 4.69) is 58.3 Å². The second kappa shape index (κ2) is 7.20. The van der Waals surface area contributed by atoms with Crippen LogP contribution < -0.4 is 5.32 Å². The van der Waals surface area contributed by atoms with Crippen LogP contribution in [0, 0.1) is 5.92 Å². The predicted octanol–water partition coefficient (Wildman–Crippen LogP) is 4.48. The van der Waals surface area contributed by atoms with Gasteiger partial charge < -0.3 is 5.32 Å². The van der Waals surface area contributed by atoms with E-state index in [-0.39, 0.29) is 5.41 Å². The molecule has 108 valence electrons. The highest BCUT2D eigenvalue weighted by Gasteiger charge is 2.17. The van der Waals surface area contributed by atoms with Crippen molar-refractivity contribution in [2.24, 2.45) is 5.92 Å². The summed E-state index contributed by atoms with van der Waals surface area (Å²) >= 11 is 1.76. The lowest BCUT2D eigenvalue weighted by Gasteiger charge is -2.14. The minimum atomic E-state index is 0.148. The summed E-state index contributed by atoms with van der Waals surface area (Å²) in [5.41, 5.74) is 2.69. The molecule has 1 rings (SSSR count). The summed E-state index contributed by atoms with van der Waals surface area (Å²) in [5.74, 6) is 0.559. The van der Waals surface area contributed by atoms with Crippen molar-refractivity contribution in [1.29, 1.82) is 0 Å².